The molecule has 0 radical (unpaired) electrons. The number of rotatable bonds is 5. The highest BCUT2D eigenvalue weighted by atomic mass is 79.9. The van der Waals surface area contributed by atoms with Gasteiger partial charge in [0.05, 0.1) is 18.8 Å². The lowest BCUT2D eigenvalue weighted by atomic mass is 9.69. The van der Waals surface area contributed by atoms with E-state index in [4.69, 9.17) is 5.11 Å². The lowest BCUT2D eigenvalue weighted by molar-refractivity contribution is -0.140. The van der Waals surface area contributed by atoms with Gasteiger partial charge in [0.2, 0.25) is 5.91 Å². The Balaban J connectivity index is 2.00. The molecule has 21 heavy (non-hydrogen) atoms. The second-order valence-corrected chi connectivity index (χ2v) is 6.39. The largest absolute Gasteiger partial charge is 0.481 e. The molecule has 0 atom stereocenters. The maximum atomic E-state index is 12.2. The summed E-state index contributed by atoms with van der Waals surface area (Å²) in [6, 6.07) is 0. The van der Waals surface area contributed by atoms with Crippen molar-refractivity contribution in [1.29, 1.82) is 0 Å². The minimum Gasteiger partial charge on any atom is -0.481 e. The van der Waals surface area contributed by atoms with Crippen LogP contribution in [-0.2, 0) is 9.59 Å². The molecule has 0 bridgehead atoms. The molecule has 6 nitrogen and oxygen atoms in total. The Morgan fingerprint density at radius 1 is 1.19 bits per heavy atom. The molecule has 1 amide bonds. The van der Waals surface area contributed by atoms with Crippen molar-refractivity contribution in [1.82, 2.24) is 9.97 Å². The molecule has 7 heteroatoms. The second-order valence-electron chi connectivity index (χ2n) is 5.58. The lowest BCUT2D eigenvalue weighted by Gasteiger charge is -2.35. The first-order chi connectivity index (χ1) is 9.99. The van der Waals surface area contributed by atoms with Crippen LogP contribution in [0.3, 0.4) is 0 Å². The first-order valence-electron chi connectivity index (χ1n) is 6.98. The summed E-state index contributed by atoms with van der Waals surface area (Å²) in [4.78, 5) is 31.3. The molecular formula is C14H18BrN3O3. The molecule has 1 aliphatic rings. The Hall–Kier alpha value is -1.50. The summed E-state index contributed by atoms with van der Waals surface area (Å²) in [5.74, 6) is -0.660. The fourth-order valence-corrected chi connectivity index (χ4v) is 3.15. The number of nitrogens with one attached hydrogen (secondary N) is 1. The molecule has 1 heterocycles. The molecular weight excluding hydrogens is 338 g/mol. The van der Waals surface area contributed by atoms with Gasteiger partial charge in [-0.3, -0.25) is 9.59 Å². The number of carbonyl (C=O) groups excluding carboxylic acids is 1. The van der Waals surface area contributed by atoms with Gasteiger partial charge >= 0.3 is 5.97 Å². The fourth-order valence-electron chi connectivity index (χ4n) is 2.94. The molecule has 2 N–H and O–H groups in total. The Bertz CT molecular complexity index is 513. The predicted molar refractivity (Wildman–Crippen MR) is 80.7 cm³/mol. The number of aromatic nitrogens is 2. The Morgan fingerprint density at radius 3 is 2.48 bits per heavy atom. The average Bonchev–Trinajstić information content (AvgIpc) is 2.41. The quantitative estimate of drug-likeness (QED) is 0.846. The molecule has 1 saturated carbocycles. The summed E-state index contributed by atoms with van der Waals surface area (Å²) in [6.45, 7) is 0. The van der Waals surface area contributed by atoms with Crippen LogP contribution in [0.2, 0.25) is 0 Å². The zero-order valence-electron chi connectivity index (χ0n) is 11.6. The van der Waals surface area contributed by atoms with E-state index in [2.05, 4.69) is 31.2 Å². The third-order valence-corrected chi connectivity index (χ3v) is 4.27. The molecule has 0 spiro atoms. The van der Waals surface area contributed by atoms with Crippen molar-refractivity contribution in [3.05, 3.63) is 17.0 Å². The highest BCUT2D eigenvalue weighted by Gasteiger charge is 2.36. The highest BCUT2D eigenvalue weighted by Crippen LogP contribution is 2.42. The average molecular weight is 356 g/mol. The lowest BCUT2D eigenvalue weighted by Crippen LogP contribution is -2.32. The normalized spacial score (nSPS) is 17.2. The number of anilines is 1. The van der Waals surface area contributed by atoms with Crippen molar-refractivity contribution in [2.75, 3.05) is 5.32 Å². The van der Waals surface area contributed by atoms with Crippen LogP contribution in [0.5, 0.6) is 0 Å². The first-order valence-corrected chi connectivity index (χ1v) is 7.78. The number of aliphatic carboxylic acids is 1. The van der Waals surface area contributed by atoms with Crippen molar-refractivity contribution < 1.29 is 14.7 Å². The van der Waals surface area contributed by atoms with Crippen LogP contribution in [0.4, 0.5) is 5.82 Å². The number of carbonyl (C=O) groups is 2. The van der Waals surface area contributed by atoms with Crippen molar-refractivity contribution in [3.63, 3.8) is 0 Å². The van der Waals surface area contributed by atoms with E-state index in [9.17, 15) is 9.59 Å². The van der Waals surface area contributed by atoms with Gasteiger partial charge in [0.25, 0.3) is 0 Å². The topological polar surface area (TPSA) is 92.2 Å². The Labute approximate surface area is 131 Å². The van der Waals surface area contributed by atoms with Gasteiger partial charge in [-0.05, 0) is 34.2 Å². The molecule has 1 aromatic rings. The molecule has 1 aliphatic carbocycles. The van der Waals surface area contributed by atoms with Gasteiger partial charge < -0.3 is 10.4 Å². The minimum atomic E-state index is -0.840. The van der Waals surface area contributed by atoms with Gasteiger partial charge in [0, 0.05) is 6.42 Å². The van der Waals surface area contributed by atoms with Crippen LogP contribution in [0.15, 0.2) is 17.0 Å². The van der Waals surface area contributed by atoms with E-state index in [0.29, 0.717) is 10.4 Å². The van der Waals surface area contributed by atoms with Gasteiger partial charge in [0.15, 0.2) is 5.82 Å². The molecule has 0 saturated heterocycles. The zero-order chi connectivity index (χ0) is 15.3. The number of hydrogen-bond donors (Lipinski definition) is 2. The van der Waals surface area contributed by atoms with Gasteiger partial charge in [-0.1, -0.05) is 19.3 Å². The second kappa shape index (κ2) is 6.98. The molecule has 0 unspecified atom stereocenters. The molecule has 0 aromatic carbocycles. The SMILES string of the molecule is O=C(O)CC1(CC(=O)Nc2cnc(Br)cn2)CCCCC1. The third-order valence-electron chi connectivity index (χ3n) is 3.86. The molecule has 2 rings (SSSR count). The van der Waals surface area contributed by atoms with Gasteiger partial charge in [0.1, 0.15) is 4.60 Å². The third kappa shape index (κ3) is 4.77. The van der Waals surface area contributed by atoms with E-state index >= 15 is 0 Å². The van der Waals surface area contributed by atoms with Crippen LogP contribution in [-0.4, -0.2) is 27.0 Å². The Kier molecular flexibility index (Phi) is 5.27. The number of nitrogens with zero attached hydrogens (tertiary/aromatic N) is 2. The summed E-state index contributed by atoms with van der Waals surface area (Å²) in [6.07, 6.45) is 7.90. The standard InChI is InChI=1S/C14H18BrN3O3/c15-10-8-17-11(9-16-10)18-12(19)6-14(7-13(20)21)4-2-1-3-5-14/h8-9H,1-7H2,(H,20,21)(H,17,18,19). The monoisotopic (exact) mass is 355 g/mol. The Morgan fingerprint density at radius 2 is 1.90 bits per heavy atom. The molecule has 114 valence electrons. The van der Waals surface area contributed by atoms with Crippen LogP contribution >= 0.6 is 15.9 Å². The van der Waals surface area contributed by atoms with E-state index in [1.807, 2.05) is 0 Å². The molecule has 1 fully saturated rings. The summed E-state index contributed by atoms with van der Waals surface area (Å²) in [5.41, 5.74) is -0.420. The number of hydrogen-bond acceptors (Lipinski definition) is 4. The van der Waals surface area contributed by atoms with Crippen molar-refractivity contribution in [2.45, 2.75) is 44.9 Å². The van der Waals surface area contributed by atoms with E-state index in [1.54, 1.807) is 0 Å². The molecule has 0 aliphatic heterocycles. The number of amides is 1. The smallest absolute Gasteiger partial charge is 0.303 e. The van der Waals surface area contributed by atoms with Crippen molar-refractivity contribution in [3.8, 4) is 0 Å². The van der Waals surface area contributed by atoms with E-state index in [0.717, 1.165) is 32.1 Å². The maximum absolute atomic E-state index is 12.2. The van der Waals surface area contributed by atoms with Crippen LogP contribution in [0.25, 0.3) is 0 Å². The maximum Gasteiger partial charge on any atom is 0.303 e. The minimum absolute atomic E-state index is 0.0481. The van der Waals surface area contributed by atoms with Crippen LogP contribution in [0.1, 0.15) is 44.9 Å². The van der Waals surface area contributed by atoms with E-state index in [1.165, 1.54) is 12.4 Å². The van der Waals surface area contributed by atoms with Gasteiger partial charge in [-0.15, -0.1) is 0 Å². The first kappa shape index (κ1) is 15.9. The number of halogens is 1. The van der Waals surface area contributed by atoms with Gasteiger partial charge in [-0.25, -0.2) is 9.97 Å². The predicted octanol–water partition coefficient (Wildman–Crippen LogP) is 2.99. The molecule has 1 aromatic heterocycles. The van der Waals surface area contributed by atoms with Gasteiger partial charge in [-0.2, -0.15) is 0 Å². The number of carboxylic acid groups (broad SMARTS) is 1. The zero-order valence-corrected chi connectivity index (χ0v) is 13.2. The summed E-state index contributed by atoms with van der Waals surface area (Å²) >= 11 is 3.18. The number of carboxylic acids is 1. The van der Waals surface area contributed by atoms with Crippen LogP contribution in [0, 0.1) is 5.41 Å². The highest BCUT2D eigenvalue weighted by molar-refractivity contribution is 9.10. The summed E-state index contributed by atoms with van der Waals surface area (Å²) in [5, 5.41) is 11.8. The summed E-state index contributed by atoms with van der Waals surface area (Å²) in [7, 11) is 0. The van der Waals surface area contributed by atoms with E-state index < -0.39 is 11.4 Å². The van der Waals surface area contributed by atoms with Crippen LogP contribution < -0.4 is 5.32 Å². The summed E-state index contributed by atoms with van der Waals surface area (Å²) < 4.78 is 0.593. The van der Waals surface area contributed by atoms with E-state index in [-0.39, 0.29) is 18.7 Å². The van der Waals surface area contributed by atoms with Crippen molar-refractivity contribution >= 4 is 33.6 Å². The van der Waals surface area contributed by atoms with Crippen molar-refractivity contribution in [2.24, 2.45) is 5.41 Å². The fraction of sp³-hybridized carbons (Fsp3) is 0.571.